The number of ether oxygens (including phenoxy) is 1. The van der Waals surface area contributed by atoms with E-state index in [2.05, 4.69) is 20.8 Å². The lowest BCUT2D eigenvalue weighted by Crippen LogP contribution is -2.45. The zero-order chi connectivity index (χ0) is 15.6. The first-order chi connectivity index (χ1) is 9.82. The van der Waals surface area contributed by atoms with E-state index in [9.17, 15) is 4.21 Å². The lowest BCUT2D eigenvalue weighted by Gasteiger charge is -2.40. The van der Waals surface area contributed by atoms with Gasteiger partial charge in [0, 0.05) is 10.9 Å². The van der Waals surface area contributed by atoms with Crippen LogP contribution in [0.5, 0.6) is 5.75 Å². The predicted octanol–water partition coefficient (Wildman–Crippen LogP) is 3.34. The SMILES string of the molecule is COc1cccc(S(=O)C2CC(C(C)(C)C)CCC2N)c1. The zero-order valence-corrected chi connectivity index (χ0v) is 14.3. The minimum Gasteiger partial charge on any atom is -0.497 e. The Balaban J connectivity index is 2.19. The lowest BCUT2D eigenvalue weighted by molar-refractivity contribution is 0.173. The third-order valence-electron chi connectivity index (χ3n) is 4.62. The average molecular weight is 309 g/mol. The van der Waals surface area contributed by atoms with E-state index >= 15 is 0 Å². The fraction of sp³-hybridized carbons (Fsp3) is 0.647. The van der Waals surface area contributed by atoms with Crippen molar-refractivity contribution in [1.29, 1.82) is 0 Å². The standard InChI is InChI=1S/C17H27NO2S/c1-17(2,3)12-8-9-15(18)16(10-12)21(19)14-7-5-6-13(11-14)20-4/h5-7,11-12,15-16H,8-10,18H2,1-4H3. The molecule has 3 nitrogen and oxygen atoms in total. The van der Waals surface area contributed by atoms with E-state index in [4.69, 9.17) is 10.5 Å². The Morgan fingerprint density at radius 1 is 1.29 bits per heavy atom. The molecule has 0 saturated heterocycles. The van der Waals surface area contributed by atoms with Gasteiger partial charge in [-0.3, -0.25) is 4.21 Å². The minimum absolute atomic E-state index is 0.0237. The van der Waals surface area contributed by atoms with Crippen molar-refractivity contribution >= 4 is 10.8 Å². The maximum atomic E-state index is 12.9. The third kappa shape index (κ3) is 3.86. The van der Waals surface area contributed by atoms with Crippen molar-refractivity contribution in [2.75, 3.05) is 7.11 Å². The molecule has 1 aliphatic rings. The van der Waals surface area contributed by atoms with Gasteiger partial charge in [-0.25, -0.2) is 0 Å². The molecule has 1 aromatic carbocycles. The van der Waals surface area contributed by atoms with Crippen molar-refractivity contribution in [3.8, 4) is 5.75 Å². The largest absolute Gasteiger partial charge is 0.497 e. The molecule has 0 heterocycles. The van der Waals surface area contributed by atoms with Gasteiger partial charge in [-0.2, -0.15) is 0 Å². The number of rotatable bonds is 3. The molecule has 2 rings (SSSR count). The smallest absolute Gasteiger partial charge is 0.120 e. The van der Waals surface area contributed by atoms with E-state index in [-0.39, 0.29) is 16.7 Å². The number of methoxy groups -OCH3 is 1. The third-order valence-corrected chi connectivity index (χ3v) is 6.43. The topological polar surface area (TPSA) is 52.3 Å². The molecule has 1 aromatic rings. The molecular weight excluding hydrogens is 282 g/mol. The molecule has 1 fully saturated rings. The van der Waals surface area contributed by atoms with Crippen LogP contribution in [0.4, 0.5) is 0 Å². The first-order valence-electron chi connectivity index (χ1n) is 7.63. The lowest BCUT2D eigenvalue weighted by atomic mass is 9.71. The van der Waals surface area contributed by atoms with Gasteiger partial charge in [0.1, 0.15) is 5.75 Å². The molecule has 0 radical (unpaired) electrons. The van der Waals surface area contributed by atoms with Crippen molar-refractivity contribution in [3.05, 3.63) is 24.3 Å². The van der Waals surface area contributed by atoms with Gasteiger partial charge in [-0.1, -0.05) is 26.8 Å². The molecule has 0 aromatic heterocycles. The summed E-state index contributed by atoms with van der Waals surface area (Å²) in [6.07, 6.45) is 3.03. The Bertz CT molecular complexity index is 510. The average Bonchev–Trinajstić information content (AvgIpc) is 2.46. The van der Waals surface area contributed by atoms with Crippen LogP contribution in [0.25, 0.3) is 0 Å². The Kier molecular flexibility index (Phi) is 5.10. The summed E-state index contributed by atoms with van der Waals surface area (Å²) in [4.78, 5) is 0.823. The second kappa shape index (κ2) is 6.49. The summed E-state index contributed by atoms with van der Waals surface area (Å²) in [5, 5.41) is 0.0371. The van der Waals surface area contributed by atoms with Crippen molar-refractivity contribution in [3.63, 3.8) is 0 Å². The Labute approximate surface area is 130 Å². The molecule has 2 N–H and O–H groups in total. The molecule has 0 bridgehead atoms. The van der Waals surface area contributed by atoms with Gasteiger partial charge in [0.2, 0.25) is 0 Å². The van der Waals surface area contributed by atoms with Crippen LogP contribution in [0.2, 0.25) is 0 Å². The molecule has 0 spiro atoms. The van der Waals surface area contributed by atoms with Gasteiger partial charge in [0.25, 0.3) is 0 Å². The highest BCUT2D eigenvalue weighted by Crippen LogP contribution is 2.40. The fourth-order valence-corrected chi connectivity index (χ4v) is 4.74. The molecule has 0 aliphatic heterocycles. The van der Waals surface area contributed by atoms with Crippen molar-refractivity contribution < 1.29 is 8.95 Å². The maximum Gasteiger partial charge on any atom is 0.120 e. The van der Waals surface area contributed by atoms with Crippen LogP contribution < -0.4 is 10.5 Å². The van der Waals surface area contributed by atoms with E-state index in [1.165, 1.54) is 0 Å². The van der Waals surface area contributed by atoms with Crippen LogP contribution in [-0.2, 0) is 10.8 Å². The highest BCUT2D eigenvalue weighted by Gasteiger charge is 2.37. The summed E-state index contributed by atoms with van der Waals surface area (Å²) in [6, 6.07) is 7.56. The first kappa shape index (κ1) is 16.5. The molecular formula is C17H27NO2S. The first-order valence-corrected chi connectivity index (χ1v) is 8.84. The van der Waals surface area contributed by atoms with Crippen LogP contribution in [0.3, 0.4) is 0 Å². The van der Waals surface area contributed by atoms with Gasteiger partial charge >= 0.3 is 0 Å². The van der Waals surface area contributed by atoms with Gasteiger partial charge < -0.3 is 10.5 Å². The molecule has 1 saturated carbocycles. The van der Waals surface area contributed by atoms with Gasteiger partial charge in [0.15, 0.2) is 0 Å². The summed E-state index contributed by atoms with van der Waals surface area (Å²) in [5.41, 5.74) is 6.52. The Morgan fingerprint density at radius 3 is 2.62 bits per heavy atom. The molecule has 1 aliphatic carbocycles. The zero-order valence-electron chi connectivity index (χ0n) is 13.5. The number of hydrogen-bond acceptors (Lipinski definition) is 3. The Morgan fingerprint density at radius 2 is 2.00 bits per heavy atom. The second-order valence-corrected chi connectivity index (χ2v) is 8.73. The summed E-state index contributed by atoms with van der Waals surface area (Å²) >= 11 is 0. The van der Waals surface area contributed by atoms with Crippen molar-refractivity contribution in [2.24, 2.45) is 17.1 Å². The van der Waals surface area contributed by atoms with Crippen LogP contribution >= 0.6 is 0 Å². The highest BCUT2D eigenvalue weighted by molar-refractivity contribution is 7.85. The normalized spacial score (nSPS) is 28.1. The molecule has 0 amide bonds. The minimum atomic E-state index is -1.07. The summed E-state index contributed by atoms with van der Waals surface area (Å²) in [6.45, 7) is 6.79. The summed E-state index contributed by atoms with van der Waals surface area (Å²) in [7, 11) is 0.557. The highest BCUT2D eigenvalue weighted by atomic mass is 32.2. The number of nitrogens with two attached hydrogens (primary N) is 1. The van der Waals surface area contributed by atoms with Gasteiger partial charge in [0.05, 0.1) is 23.2 Å². The monoisotopic (exact) mass is 309 g/mol. The maximum absolute atomic E-state index is 12.9. The van der Waals surface area contributed by atoms with Crippen LogP contribution in [0.1, 0.15) is 40.0 Å². The van der Waals surface area contributed by atoms with Crippen LogP contribution in [0, 0.1) is 11.3 Å². The quantitative estimate of drug-likeness (QED) is 0.931. The molecule has 21 heavy (non-hydrogen) atoms. The van der Waals surface area contributed by atoms with E-state index in [1.807, 2.05) is 24.3 Å². The Hall–Kier alpha value is -0.870. The van der Waals surface area contributed by atoms with E-state index < -0.39 is 10.8 Å². The van der Waals surface area contributed by atoms with E-state index in [0.717, 1.165) is 29.9 Å². The predicted molar refractivity (Wildman–Crippen MR) is 88.0 cm³/mol. The fourth-order valence-electron chi connectivity index (χ4n) is 3.09. The molecule has 4 unspecified atom stereocenters. The second-order valence-electron chi connectivity index (χ2n) is 7.05. The molecule has 118 valence electrons. The van der Waals surface area contributed by atoms with Gasteiger partial charge in [-0.15, -0.1) is 0 Å². The molecule has 4 heteroatoms. The number of benzene rings is 1. The number of hydrogen-bond donors (Lipinski definition) is 1. The van der Waals surface area contributed by atoms with Crippen molar-refractivity contribution in [2.45, 2.75) is 56.2 Å². The molecule has 4 atom stereocenters. The summed E-state index contributed by atoms with van der Waals surface area (Å²) < 4.78 is 18.2. The van der Waals surface area contributed by atoms with Crippen molar-refractivity contribution in [1.82, 2.24) is 0 Å². The van der Waals surface area contributed by atoms with Crippen LogP contribution in [-0.4, -0.2) is 22.6 Å². The van der Waals surface area contributed by atoms with Gasteiger partial charge in [-0.05, 0) is 48.8 Å². The van der Waals surface area contributed by atoms with E-state index in [0.29, 0.717) is 5.92 Å². The van der Waals surface area contributed by atoms with E-state index in [1.54, 1.807) is 7.11 Å². The summed E-state index contributed by atoms with van der Waals surface area (Å²) in [5.74, 6) is 1.33. The van der Waals surface area contributed by atoms with Crippen LogP contribution in [0.15, 0.2) is 29.2 Å².